The van der Waals surface area contributed by atoms with E-state index in [1.54, 1.807) is 0 Å². The molecule has 1 aliphatic heterocycles. The first-order valence-corrected chi connectivity index (χ1v) is 6.59. The van der Waals surface area contributed by atoms with Crippen molar-refractivity contribution in [3.05, 3.63) is 66.0 Å². The number of likely N-dealkylation sites (tertiary alicyclic amines) is 1. The average molecular weight is 238 g/mol. The van der Waals surface area contributed by atoms with Crippen LogP contribution in [0.15, 0.2) is 54.7 Å². The lowest BCUT2D eigenvalue weighted by Gasteiger charge is -2.15. The van der Waals surface area contributed by atoms with E-state index >= 15 is 0 Å². The van der Waals surface area contributed by atoms with Crippen LogP contribution in [0.3, 0.4) is 0 Å². The third-order valence-corrected chi connectivity index (χ3v) is 3.63. The van der Waals surface area contributed by atoms with Gasteiger partial charge in [0.15, 0.2) is 0 Å². The van der Waals surface area contributed by atoms with Crippen molar-refractivity contribution in [1.82, 2.24) is 9.88 Å². The lowest BCUT2D eigenvalue weighted by atomic mass is 10.0. The molecule has 0 N–H and O–H groups in total. The molecule has 0 aliphatic carbocycles. The van der Waals surface area contributed by atoms with Crippen molar-refractivity contribution < 1.29 is 0 Å². The predicted molar refractivity (Wildman–Crippen MR) is 73.3 cm³/mol. The van der Waals surface area contributed by atoms with E-state index in [2.05, 4.69) is 52.3 Å². The molecule has 1 aromatic carbocycles. The number of rotatable bonds is 3. The van der Waals surface area contributed by atoms with Gasteiger partial charge in [-0.3, -0.25) is 9.88 Å². The van der Waals surface area contributed by atoms with E-state index in [0.717, 1.165) is 13.1 Å². The Morgan fingerprint density at radius 3 is 2.67 bits per heavy atom. The molecule has 1 fully saturated rings. The van der Waals surface area contributed by atoms with Crippen LogP contribution in [0.2, 0.25) is 0 Å². The van der Waals surface area contributed by atoms with Crippen molar-refractivity contribution in [1.29, 1.82) is 0 Å². The van der Waals surface area contributed by atoms with E-state index in [0.29, 0.717) is 5.92 Å². The highest BCUT2D eigenvalue weighted by Crippen LogP contribution is 2.26. The van der Waals surface area contributed by atoms with Crippen LogP contribution < -0.4 is 0 Å². The zero-order valence-corrected chi connectivity index (χ0v) is 10.5. The van der Waals surface area contributed by atoms with Gasteiger partial charge in [-0.1, -0.05) is 36.4 Å². The summed E-state index contributed by atoms with van der Waals surface area (Å²) in [6.07, 6.45) is 3.12. The Balaban J connectivity index is 1.62. The Bertz CT molecular complexity index is 481. The molecule has 1 saturated heterocycles. The smallest absolute Gasteiger partial charge is 0.0447 e. The third-order valence-electron chi connectivity index (χ3n) is 3.63. The summed E-state index contributed by atoms with van der Waals surface area (Å²) >= 11 is 0. The van der Waals surface area contributed by atoms with Crippen molar-refractivity contribution >= 4 is 0 Å². The maximum absolute atomic E-state index is 4.48. The van der Waals surface area contributed by atoms with Crippen molar-refractivity contribution in [2.45, 2.75) is 18.9 Å². The molecule has 2 nitrogen and oxygen atoms in total. The van der Waals surface area contributed by atoms with E-state index < -0.39 is 0 Å². The molecule has 0 spiro atoms. The number of hydrogen-bond donors (Lipinski definition) is 0. The topological polar surface area (TPSA) is 16.1 Å². The van der Waals surface area contributed by atoms with Gasteiger partial charge in [0, 0.05) is 30.9 Å². The zero-order valence-electron chi connectivity index (χ0n) is 10.5. The third kappa shape index (κ3) is 2.59. The van der Waals surface area contributed by atoms with Gasteiger partial charge in [0.1, 0.15) is 0 Å². The Labute approximate surface area is 108 Å². The van der Waals surface area contributed by atoms with Crippen molar-refractivity contribution in [3.8, 4) is 0 Å². The Morgan fingerprint density at radius 1 is 1.06 bits per heavy atom. The molecule has 92 valence electrons. The molecule has 0 unspecified atom stereocenters. The van der Waals surface area contributed by atoms with Crippen molar-refractivity contribution in [2.24, 2.45) is 0 Å². The molecule has 18 heavy (non-hydrogen) atoms. The first-order chi connectivity index (χ1) is 8.92. The van der Waals surface area contributed by atoms with Gasteiger partial charge in [-0.25, -0.2) is 0 Å². The van der Waals surface area contributed by atoms with Crippen molar-refractivity contribution in [3.63, 3.8) is 0 Å². The highest BCUT2D eigenvalue weighted by atomic mass is 15.1. The molecule has 3 rings (SSSR count). The first-order valence-electron chi connectivity index (χ1n) is 6.59. The maximum atomic E-state index is 4.48. The van der Waals surface area contributed by atoms with E-state index in [-0.39, 0.29) is 0 Å². The van der Waals surface area contributed by atoms with Gasteiger partial charge in [0.05, 0.1) is 0 Å². The van der Waals surface area contributed by atoms with Crippen LogP contribution in [0.25, 0.3) is 0 Å². The fraction of sp³-hybridized carbons (Fsp3) is 0.312. The Kier molecular flexibility index (Phi) is 3.37. The summed E-state index contributed by atoms with van der Waals surface area (Å²) in [6, 6.07) is 16.9. The molecule has 0 amide bonds. The highest BCUT2D eigenvalue weighted by Gasteiger charge is 2.24. The van der Waals surface area contributed by atoms with Gasteiger partial charge in [0.2, 0.25) is 0 Å². The van der Waals surface area contributed by atoms with Gasteiger partial charge in [-0.2, -0.15) is 0 Å². The molecule has 2 aromatic rings. The highest BCUT2D eigenvalue weighted by molar-refractivity contribution is 5.16. The standard InChI is InChI=1S/C16H18N2/c1-2-6-14(7-3-1)12-18-11-9-15(13-18)16-8-4-5-10-17-16/h1-8,10,15H,9,11-13H2/t15-/m0/s1. The summed E-state index contributed by atoms with van der Waals surface area (Å²) in [5, 5.41) is 0. The Morgan fingerprint density at radius 2 is 1.89 bits per heavy atom. The van der Waals surface area contributed by atoms with E-state index in [4.69, 9.17) is 0 Å². The second kappa shape index (κ2) is 5.32. The van der Waals surface area contributed by atoms with Crippen LogP contribution >= 0.6 is 0 Å². The largest absolute Gasteiger partial charge is 0.298 e. The predicted octanol–water partition coefficient (Wildman–Crippen LogP) is 3.07. The fourth-order valence-electron chi connectivity index (χ4n) is 2.68. The van der Waals surface area contributed by atoms with Crippen molar-refractivity contribution in [2.75, 3.05) is 13.1 Å². The van der Waals surface area contributed by atoms with Crippen LogP contribution in [0.5, 0.6) is 0 Å². The Hall–Kier alpha value is -1.67. The SMILES string of the molecule is c1ccc(CN2CC[C@H](c3ccccn3)C2)cc1. The molecule has 0 bridgehead atoms. The second-order valence-corrected chi connectivity index (χ2v) is 4.96. The van der Waals surface area contributed by atoms with Gasteiger partial charge in [-0.15, -0.1) is 0 Å². The lowest BCUT2D eigenvalue weighted by Crippen LogP contribution is -2.19. The minimum Gasteiger partial charge on any atom is -0.298 e. The van der Waals surface area contributed by atoms with E-state index in [9.17, 15) is 0 Å². The molecule has 0 radical (unpaired) electrons. The van der Waals surface area contributed by atoms with E-state index in [1.165, 1.54) is 24.2 Å². The summed E-state index contributed by atoms with van der Waals surface area (Å²) in [6.45, 7) is 3.37. The van der Waals surface area contributed by atoms with Crippen LogP contribution in [-0.2, 0) is 6.54 Å². The van der Waals surface area contributed by atoms with Gasteiger partial charge in [-0.05, 0) is 30.7 Å². The quantitative estimate of drug-likeness (QED) is 0.817. The molecular weight excluding hydrogens is 220 g/mol. The minimum absolute atomic E-state index is 0.606. The maximum Gasteiger partial charge on any atom is 0.0447 e. The summed E-state index contributed by atoms with van der Waals surface area (Å²) in [5.74, 6) is 0.606. The summed E-state index contributed by atoms with van der Waals surface area (Å²) in [4.78, 5) is 7.00. The summed E-state index contributed by atoms with van der Waals surface area (Å²) in [5.41, 5.74) is 2.65. The van der Waals surface area contributed by atoms with E-state index in [1.807, 2.05) is 12.3 Å². The monoisotopic (exact) mass is 238 g/mol. The fourth-order valence-corrected chi connectivity index (χ4v) is 2.68. The molecule has 1 atom stereocenters. The van der Waals surface area contributed by atoms with Gasteiger partial charge in [0.25, 0.3) is 0 Å². The second-order valence-electron chi connectivity index (χ2n) is 4.96. The number of benzene rings is 1. The molecule has 2 heteroatoms. The summed E-state index contributed by atoms with van der Waals surface area (Å²) < 4.78 is 0. The molecule has 0 saturated carbocycles. The zero-order chi connectivity index (χ0) is 12.2. The van der Waals surface area contributed by atoms with Crippen LogP contribution in [0.1, 0.15) is 23.6 Å². The van der Waals surface area contributed by atoms with Crippen LogP contribution in [0, 0.1) is 0 Å². The molecule has 1 aliphatic rings. The van der Waals surface area contributed by atoms with Crippen LogP contribution in [0.4, 0.5) is 0 Å². The molecular formula is C16H18N2. The molecule has 1 aromatic heterocycles. The number of pyridine rings is 1. The minimum atomic E-state index is 0.606. The number of aromatic nitrogens is 1. The normalized spacial score (nSPS) is 20.1. The number of nitrogens with zero attached hydrogens (tertiary/aromatic N) is 2. The first kappa shape index (κ1) is 11.4. The van der Waals surface area contributed by atoms with Gasteiger partial charge >= 0.3 is 0 Å². The van der Waals surface area contributed by atoms with Gasteiger partial charge < -0.3 is 0 Å². The summed E-state index contributed by atoms with van der Waals surface area (Å²) in [7, 11) is 0. The molecule has 2 heterocycles. The lowest BCUT2D eigenvalue weighted by molar-refractivity contribution is 0.326. The number of hydrogen-bond acceptors (Lipinski definition) is 2. The average Bonchev–Trinajstić information content (AvgIpc) is 2.89. The van der Waals surface area contributed by atoms with Crippen LogP contribution in [-0.4, -0.2) is 23.0 Å².